The van der Waals surface area contributed by atoms with E-state index in [0.717, 1.165) is 5.56 Å². The summed E-state index contributed by atoms with van der Waals surface area (Å²) < 4.78 is 0. The van der Waals surface area contributed by atoms with Crippen LogP contribution in [0.1, 0.15) is 31.7 Å². The number of rotatable bonds is 20. The van der Waals surface area contributed by atoms with Gasteiger partial charge in [-0.2, -0.15) is 0 Å². The molecule has 0 aliphatic heterocycles. The Labute approximate surface area is 249 Å². The minimum atomic E-state index is -1.44. The number of nitrogens with two attached hydrogens (primary N) is 2. The summed E-state index contributed by atoms with van der Waals surface area (Å²) in [6, 6.07) is 5.87. The van der Waals surface area contributed by atoms with Crippen LogP contribution in [0.5, 0.6) is 0 Å². The fraction of sp³-hybridized carbons (Fsp3) is 0.519. The van der Waals surface area contributed by atoms with E-state index in [1.807, 2.05) is 6.07 Å². The highest BCUT2D eigenvalue weighted by molar-refractivity contribution is 5.94. The largest absolute Gasteiger partial charge is 0.391 e. The number of carbonyl (C=O) groups is 6. The molecule has 16 heteroatoms. The lowest BCUT2D eigenvalue weighted by molar-refractivity contribution is -0.133. The smallest absolute Gasteiger partial charge is 0.245 e. The predicted molar refractivity (Wildman–Crippen MR) is 154 cm³/mol. The third-order valence-corrected chi connectivity index (χ3v) is 5.88. The van der Waals surface area contributed by atoms with Gasteiger partial charge in [-0.1, -0.05) is 30.3 Å². The molecule has 0 heterocycles. The molecule has 0 saturated carbocycles. The molecule has 0 bridgehead atoms. The summed E-state index contributed by atoms with van der Waals surface area (Å²) in [6.45, 7) is -0.338. The van der Waals surface area contributed by atoms with E-state index in [1.165, 1.54) is 6.92 Å². The molecular formula is C27H41N8O8. The van der Waals surface area contributed by atoms with E-state index in [4.69, 9.17) is 11.5 Å². The second-order valence-electron chi connectivity index (χ2n) is 9.59. The SMILES string of the molecule is C[C@@H](O)[C@H](NC(=O)CNC(=O)[C@@H](N)Cc1ccccc1)C(=O)NCC(=O)NCC(=O)NCC(=O)N[C@H]([C]=O)CCCCN. The molecule has 237 valence electrons. The molecule has 1 rings (SSSR count). The van der Waals surface area contributed by atoms with Gasteiger partial charge in [0, 0.05) is 0 Å². The van der Waals surface area contributed by atoms with Crippen LogP contribution < -0.4 is 43.4 Å². The number of benzene rings is 1. The molecule has 1 radical (unpaired) electrons. The molecule has 0 unspecified atom stereocenters. The topological polar surface area (TPSA) is 264 Å². The first-order chi connectivity index (χ1) is 20.5. The van der Waals surface area contributed by atoms with Gasteiger partial charge >= 0.3 is 0 Å². The van der Waals surface area contributed by atoms with Gasteiger partial charge in [0.25, 0.3) is 0 Å². The Morgan fingerprint density at radius 2 is 1.33 bits per heavy atom. The van der Waals surface area contributed by atoms with Crippen molar-refractivity contribution in [3.05, 3.63) is 35.9 Å². The summed E-state index contributed by atoms with van der Waals surface area (Å²) >= 11 is 0. The van der Waals surface area contributed by atoms with Gasteiger partial charge in [0.1, 0.15) is 6.04 Å². The van der Waals surface area contributed by atoms with Crippen molar-refractivity contribution < 1.29 is 38.7 Å². The number of nitrogens with one attached hydrogen (secondary N) is 6. The summed E-state index contributed by atoms with van der Waals surface area (Å²) in [5.41, 5.74) is 12.1. The van der Waals surface area contributed by atoms with Crippen LogP contribution in [-0.4, -0.2) is 104 Å². The summed E-state index contributed by atoms with van der Waals surface area (Å²) in [5.74, 6) is -4.34. The van der Waals surface area contributed by atoms with Crippen molar-refractivity contribution in [1.82, 2.24) is 31.9 Å². The molecule has 0 aliphatic rings. The van der Waals surface area contributed by atoms with Crippen molar-refractivity contribution in [2.45, 2.75) is 56.8 Å². The van der Waals surface area contributed by atoms with Crippen LogP contribution in [0.15, 0.2) is 30.3 Å². The van der Waals surface area contributed by atoms with E-state index in [0.29, 0.717) is 25.8 Å². The lowest BCUT2D eigenvalue weighted by atomic mass is 10.1. The highest BCUT2D eigenvalue weighted by atomic mass is 16.3. The van der Waals surface area contributed by atoms with Gasteiger partial charge in [-0.15, -0.1) is 0 Å². The Bertz CT molecular complexity index is 1090. The lowest BCUT2D eigenvalue weighted by Crippen LogP contribution is -2.56. The summed E-state index contributed by atoms with van der Waals surface area (Å²) in [4.78, 5) is 83.7. The average molecular weight is 606 g/mol. The monoisotopic (exact) mass is 605 g/mol. The number of hydrogen-bond donors (Lipinski definition) is 9. The van der Waals surface area contributed by atoms with Crippen LogP contribution in [0, 0.1) is 0 Å². The Morgan fingerprint density at radius 3 is 1.91 bits per heavy atom. The third-order valence-electron chi connectivity index (χ3n) is 5.88. The number of unbranched alkanes of at least 4 members (excludes halogenated alkanes) is 1. The highest BCUT2D eigenvalue weighted by Crippen LogP contribution is 2.02. The zero-order valence-corrected chi connectivity index (χ0v) is 24.0. The molecule has 1 aromatic rings. The van der Waals surface area contributed by atoms with Gasteiger partial charge in [0.2, 0.25) is 41.7 Å². The summed E-state index contributed by atoms with van der Waals surface area (Å²) in [7, 11) is 0. The van der Waals surface area contributed by atoms with Crippen molar-refractivity contribution in [2.75, 3.05) is 32.7 Å². The number of carbonyl (C=O) groups excluding carboxylic acids is 7. The van der Waals surface area contributed by atoms with E-state index < -0.39 is 85.9 Å². The molecule has 0 aromatic heterocycles. The van der Waals surface area contributed by atoms with Crippen molar-refractivity contribution >= 4 is 41.7 Å². The van der Waals surface area contributed by atoms with Crippen LogP contribution in [-0.2, 0) is 40.0 Å². The number of amides is 6. The molecule has 0 aliphatic carbocycles. The molecule has 16 nitrogen and oxygen atoms in total. The normalized spacial score (nSPS) is 13.3. The van der Waals surface area contributed by atoms with Gasteiger partial charge in [0.15, 0.2) is 0 Å². The second-order valence-corrected chi connectivity index (χ2v) is 9.59. The van der Waals surface area contributed by atoms with E-state index in [9.17, 15) is 38.7 Å². The standard InChI is InChI=1S/C27H41N8O8/c1-17(37)25(35-24(41)15-32-26(42)20(29)11-18-7-3-2-4-8-18)27(43)33-13-22(39)30-12-21(38)31-14-23(40)34-19(16-36)9-5-6-10-28/h2-4,7-8,17,19-20,25,37H,5-6,9-15,28-29H2,1H3,(H,30,39)(H,31,38)(H,32,42)(H,33,43)(H,34,40)(H,35,41)/t17-,19+,20+,25+/m1/s1. The Balaban J connectivity index is 2.37. The van der Waals surface area contributed by atoms with Crippen molar-refractivity contribution in [1.29, 1.82) is 0 Å². The first-order valence-corrected chi connectivity index (χ1v) is 13.7. The van der Waals surface area contributed by atoms with Crippen molar-refractivity contribution in [3.63, 3.8) is 0 Å². The first kappa shape index (κ1) is 36.6. The fourth-order valence-electron chi connectivity index (χ4n) is 3.55. The van der Waals surface area contributed by atoms with Crippen LogP contribution in [0.4, 0.5) is 0 Å². The molecule has 6 amide bonds. The lowest BCUT2D eigenvalue weighted by Gasteiger charge is -2.21. The molecule has 4 atom stereocenters. The molecule has 1 aromatic carbocycles. The Hall–Kier alpha value is -4.41. The van der Waals surface area contributed by atoms with Gasteiger partial charge < -0.3 is 48.5 Å². The summed E-state index contributed by atoms with van der Waals surface area (Å²) in [6.07, 6.45) is 2.28. The minimum Gasteiger partial charge on any atom is -0.391 e. The van der Waals surface area contributed by atoms with Crippen LogP contribution >= 0.6 is 0 Å². The van der Waals surface area contributed by atoms with E-state index in [2.05, 4.69) is 31.9 Å². The maximum atomic E-state index is 12.5. The quantitative estimate of drug-likeness (QED) is 0.0644. The first-order valence-electron chi connectivity index (χ1n) is 13.7. The highest BCUT2D eigenvalue weighted by Gasteiger charge is 2.26. The number of aliphatic hydroxyl groups excluding tert-OH is 1. The van der Waals surface area contributed by atoms with E-state index in [-0.39, 0.29) is 6.42 Å². The minimum absolute atomic E-state index is 0.253. The van der Waals surface area contributed by atoms with Crippen molar-refractivity contribution in [3.8, 4) is 0 Å². The molecule has 0 spiro atoms. The van der Waals surface area contributed by atoms with Gasteiger partial charge in [0.05, 0.1) is 44.4 Å². The average Bonchev–Trinajstić information content (AvgIpc) is 2.98. The molecule has 0 saturated heterocycles. The number of aliphatic hydroxyl groups is 1. The van der Waals surface area contributed by atoms with E-state index >= 15 is 0 Å². The van der Waals surface area contributed by atoms with Gasteiger partial charge in [-0.3, -0.25) is 33.6 Å². The molecule has 0 fully saturated rings. The molecule has 11 N–H and O–H groups in total. The zero-order chi connectivity index (χ0) is 32.2. The van der Waals surface area contributed by atoms with Gasteiger partial charge in [-0.25, -0.2) is 0 Å². The molecular weight excluding hydrogens is 564 g/mol. The summed E-state index contributed by atoms with van der Waals surface area (Å²) in [5, 5.41) is 23.7. The third kappa shape index (κ3) is 16.0. The van der Waals surface area contributed by atoms with E-state index in [1.54, 1.807) is 30.6 Å². The fourth-order valence-corrected chi connectivity index (χ4v) is 3.55. The maximum absolute atomic E-state index is 12.5. The number of hydrogen-bond acceptors (Lipinski definition) is 10. The predicted octanol–water partition coefficient (Wildman–Crippen LogP) is -4.39. The van der Waals surface area contributed by atoms with Crippen LogP contribution in [0.3, 0.4) is 0 Å². The van der Waals surface area contributed by atoms with Crippen LogP contribution in [0.25, 0.3) is 0 Å². The van der Waals surface area contributed by atoms with Crippen LogP contribution in [0.2, 0.25) is 0 Å². The maximum Gasteiger partial charge on any atom is 0.245 e. The Kier molecular flexibility index (Phi) is 17.4. The zero-order valence-electron chi connectivity index (χ0n) is 24.0. The van der Waals surface area contributed by atoms with Crippen molar-refractivity contribution in [2.24, 2.45) is 11.5 Å². The second kappa shape index (κ2) is 20.5. The van der Waals surface area contributed by atoms with Gasteiger partial charge in [-0.05, 0) is 44.7 Å². The Morgan fingerprint density at radius 1 is 0.791 bits per heavy atom. The molecule has 43 heavy (non-hydrogen) atoms.